The molecule has 0 heterocycles. The summed E-state index contributed by atoms with van der Waals surface area (Å²) in [4.78, 5) is 8.81. The van der Waals surface area contributed by atoms with E-state index in [0.29, 0.717) is 0 Å². The van der Waals surface area contributed by atoms with Gasteiger partial charge in [0.25, 0.3) is 0 Å². The third kappa shape index (κ3) is 859. The van der Waals surface area contributed by atoms with Gasteiger partial charge in [-0.2, -0.15) is 0 Å². The molecular formula is C58H147N5O. The summed E-state index contributed by atoms with van der Waals surface area (Å²) < 4.78 is 0. The molecule has 0 atom stereocenters. The monoisotopic (exact) mass is 930 g/mol. The molecule has 0 aliphatic heterocycles. The van der Waals surface area contributed by atoms with Crippen molar-refractivity contribution in [3.63, 3.8) is 0 Å². The molecule has 0 radical (unpaired) electrons. The van der Waals surface area contributed by atoms with Crippen LogP contribution in [0.5, 0.6) is 0 Å². The number of rotatable bonds is 9. The van der Waals surface area contributed by atoms with Gasteiger partial charge in [0.1, 0.15) is 6.29 Å². The lowest BCUT2D eigenvalue weighted by Gasteiger charge is -1.94. The predicted molar refractivity (Wildman–Crippen MR) is 328 cm³/mol. The van der Waals surface area contributed by atoms with Crippen LogP contribution in [-0.2, 0) is 4.79 Å². The lowest BCUT2D eigenvalue weighted by atomic mass is 10.2. The molecule has 0 rings (SSSR count). The number of carbonyl (C=O) groups excluding carboxylic acids is 1. The van der Waals surface area contributed by atoms with Gasteiger partial charge in [0, 0.05) is 18.4 Å². The Bertz CT molecular complexity index is 515. The van der Waals surface area contributed by atoms with Crippen molar-refractivity contribution in [2.45, 2.75) is 273 Å². The Labute approximate surface area is 418 Å². The first-order valence-corrected chi connectivity index (χ1v) is 25.0. The largest absolute Gasteiger partial charge is 0.403 e. The van der Waals surface area contributed by atoms with Gasteiger partial charge in [0.2, 0.25) is 0 Å². The Morgan fingerprint density at radius 3 is 0.516 bits per heavy atom. The second kappa shape index (κ2) is 265. The Hall–Kier alpha value is -2.67. The summed E-state index contributed by atoms with van der Waals surface area (Å²) in [6.45, 7) is 87.9. The Kier molecular flexibility index (Phi) is 567. The van der Waals surface area contributed by atoms with Gasteiger partial charge in [0.05, 0.1) is 0 Å². The summed E-state index contributed by atoms with van der Waals surface area (Å²) in [5, 5.41) is 2.92. The van der Waals surface area contributed by atoms with Crippen LogP contribution in [0.1, 0.15) is 273 Å². The first-order valence-electron chi connectivity index (χ1n) is 25.0. The molecule has 0 aliphatic carbocycles. The van der Waals surface area contributed by atoms with Crippen molar-refractivity contribution in [3.8, 4) is 0 Å². The molecule has 0 saturated heterocycles. The van der Waals surface area contributed by atoms with Gasteiger partial charge < -0.3 is 33.5 Å². The summed E-state index contributed by atoms with van der Waals surface area (Å²) in [5.41, 5.74) is 22.3. The van der Waals surface area contributed by atoms with Gasteiger partial charge >= 0.3 is 0 Å². The van der Waals surface area contributed by atoms with Gasteiger partial charge in [0.15, 0.2) is 0 Å². The van der Waals surface area contributed by atoms with Crippen LogP contribution in [0.25, 0.3) is 0 Å². The van der Waals surface area contributed by atoms with Crippen LogP contribution in [0.2, 0.25) is 0 Å². The van der Waals surface area contributed by atoms with Crippen LogP contribution in [-0.4, -0.2) is 27.4 Å². The van der Waals surface area contributed by atoms with Crippen LogP contribution in [0, 0.1) is 0 Å². The van der Waals surface area contributed by atoms with Crippen molar-refractivity contribution in [1.82, 2.24) is 11.5 Å². The summed E-state index contributed by atoms with van der Waals surface area (Å²) in [6.07, 6.45) is 9.38. The maximum Gasteiger partial charge on any atom is 0.116 e. The van der Waals surface area contributed by atoms with Crippen LogP contribution in [0.4, 0.5) is 0 Å². The van der Waals surface area contributed by atoms with Crippen molar-refractivity contribution in [2.75, 3.05) is 21.1 Å². The minimum Gasteiger partial charge on any atom is -0.403 e. The lowest BCUT2D eigenvalue weighted by Crippen LogP contribution is -2.01. The van der Waals surface area contributed by atoms with Gasteiger partial charge in [-0.15, -0.1) is 26.3 Å². The summed E-state index contributed by atoms with van der Waals surface area (Å²) >= 11 is 0. The quantitative estimate of drug-likeness (QED) is 0.115. The summed E-state index contributed by atoms with van der Waals surface area (Å²) in [7, 11) is 4.88. The van der Waals surface area contributed by atoms with E-state index in [1.54, 1.807) is 0 Å². The smallest absolute Gasteiger partial charge is 0.116 e. The average molecular weight is 931 g/mol. The van der Waals surface area contributed by atoms with Gasteiger partial charge in [-0.05, 0) is 100 Å². The molecule has 0 saturated carbocycles. The van der Waals surface area contributed by atoms with Crippen molar-refractivity contribution < 1.29 is 4.79 Å². The molecule has 410 valence electrons. The molecule has 0 aromatic carbocycles. The minimum absolute atomic E-state index is 0. The molecule has 6 heteroatoms. The van der Waals surface area contributed by atoms with Crippen molar-refractivity contribution in [2.24, 2.45) is 17.2 Å². The number of hydrogen-bond acceptors (Lipinski definition) is 6. The zero-order chi connectivity index (χ0) is 56.1. The van der Waals surface area contributed by atoms with Gasteiger partial charge in [-0.25, -0.2) is 0 Å². The maximum atomic E-state index is 8.81. The molecule has 0 bridgehead atoms. The molecule has 0 fully saturated rings. The van der Waals surface area contributed by atoms with E-state index in [9.17, 15) is 0 Å². The summed E-state index contributed by atoms with van der Waals surface area (Å²) in [6, 6.07) is 0. The SMILES string of the molecule is C.C=C(C)CC.C=C(C)CC.C=C(C)CC.C=C(C)CC.C=C(CC)CC.C=C(CC)NC.C=C(N)CC.CC.CC.CC.CC.CC.CC.CC.CC.CC.CC=O.CN.CN.N. The van der Waals surface area contributed by atoms with Crippen LogP contribution >= 0.6 is 0 Å². The second-order valence-corrected chi connectivity index (χ2v) is 9.15. The predicted octanol–water partition coefficient (Wildman–Crippen LogP) is 21.6. The highest BCUT2D eigenvalue weighted by atomic mass is 16.1. The minimum atomic E-state index is 0. The first kappa shape index (κ1) is 137. The highest BCUT2D eigenvalue weighted by Crippen LogP contribution is 1.98. The molecule has 0 unspecified atom stereocenters. The van der Waals surface area contributed by atoms with E-state index in [1.807, 2.05) is 166 Å². The molecule has 0 spiro atoms. The highest BCUT2D eigenvalue weighted by molar-refractivity contribution is 5.44. The summed E-state index contributed by atoms with van der Waals surface area (Å²) in [5.74, 6) is 0. The van der Waals surface area contributed by atoms with E-state index < -0.39 is 0 Å². The molecule has 0 aromatic rings. The normalized spacial score (nSPS) is 5.69. The van der Waals surface area contributed by atoms with E-state index in [0.717, 1.165) is 69.0 Å². The number of carbonyl (C=O) groups is 1. The molecular weight excluding hydrogens is 783 g/mol. The topological polar surface area (TPSA) is 142 Å². The number of hydrogen-bond donors (Lipinski definition) is 5. The molecule has 0 aliphatic rings. The fourth-order valence-electron chi connectivity index (χ4n) is 0.427. The lowest BCUT2D eigenvalue weighted by molar-refractivity contribution is -0.106. The average Bonchev–Trinajstić information content (AvgIpc) is 3.36. The molecule has 10 N–H and O–H groups in total. The number of allylic oxidation sites excluding steroid dienone is 7. The molecule has 64 heavy (non-hydrogen) atoms. The highest BCUT2D eigenvalue weighted by Gasteiger charge is 1.78. The first-order chi connectivity index (χ1) is 29.4. The number of aldehydes is 1. The van der Waals surface area contributed by atoms with E-state index in [2.05, 4.69) is 111 Å². The third-order valence-corrected chi connectivity index (χ3v) is 4.65. The van der Waals surface area contributed by atoms with Crippen LogP contribution < -0.4 is 28.7 Å². The van der Waals surface area contributed by atoms with Crippen molar-refractivity contribution in [3.05, 3.63) is 85.3 Å². The van der Waals surface area contributed by atoms with Crippen LogP contribution in [0.15, 0.2) is 85.3 Å². The number of nitrogens with one attached hydrogen (secondary N) is 1. The third-order valence-electron chi connectivity index (χ3n) is 4.65. The van der Waals surface area contributed by atoms with E-state index in [1.165, 1.54) is 48.9 Å². The van der Waals surface area contributed by atoms with Gasteiger partial charge in [-0.3, -0.25) is 0 Å². The Balaban J connectivity index is -0.0000000163. The second-order valence-electron chi connectivity index (χ2n) is 9.15. The zero-order valence-corrected chi connectivity index (χ0v) is 52.0. The van der Waals surface area contributed by atoms with E-state index >= 15 is 0 Å². The fraction of sp³-hybridized carbons (Fsp3) is 0.741. The molecule has 6 nitrogen and oxygen atoms in total. The standard InChI is InChI=1S/C6H12.C5H11N.4C5H10.C4H9N.C2H4O.9C2H6.2CH5N.CH4.H3N/c1-4-6(3)5-2;1-4-5(2)6-3;4*1-4-5(2)3;1-3-4(2)5;1-2-3;11*1-2;;/h3-5H2,1-2H3;6H,2,4H2,1,3H3;4*2,4H2,1,3H3;2-3,5H2,1H3;2H,1H3;9*1-2H3;2*2H2,1H3;1H4;1H3. The zero-order valence-electron chi connectivity index (χ0n) is 52.0. The molecule has 0 amide bonds. The van der Waals surface area contributed by atoms with E-state index in [-0.39, 0.29) is 13.6 Å². The Morgan fingerprint density at radius 1 is 0.406 bits per heavy atom. The van der Waals surface area contributed by atoms with Crippen molar-refractivity contribution in [1.29, 1.82) is 0 Å². The number of nitrogens with two attached hydrogens (primary N) is 3. The van der Waals surface area contributed by atoms with E-state index in [4.69, 9.17) is 10.5 Å². The Morgan fingerprint density at radius 2 is 0.516 bits per heavy atom. The fourth-order valence-corrected chi connectivity index (χ4v) is 0.427. The van der Waals surface area contributed by atoms with Crippen molar-refractivity contribution >= 4 is 6.29 Å². The van der Waals surface area contributed by atoms with Gasteiger partial charge in [-0.1, -0.05) is 235 Å². The molecule has 0 aromatic heterocycles. The van der Waals surface area contributed by atoms with Crippen LogP contribution in [0.3, 0.4) is 0 Å². The maximum absolute atomic E-state index is 8.81.